The van der Waals surface area contributed by atoms with Crippen molar-refractivity contribution in [1.29, 1.82) is 0 Å². The lowest BCUT2D eigenvalue weighted by molar-refractivity contribution is -0.226. The molecule has 47 heavy (non-hydrogen) atoms. The molecule has 1 aromatic heterocycles. The molecule has 256 valence electrons. The molecule has 2 fully saturated rings. The number of likely N-dealkylation sites (tertiary alicyclic amines) is 1. The lowest BCUT2D eigenvalue weighted by Crippen LogP contribution is -2.65. The van der Waals surface area contributed by atoms with E-state index in [4.69, 9.17) is 4.84 Å². The summed E-state index contributed by atoms with van der Waals surface area (Å²) >= 11 is 1.48. The van der Waals surface area contributed by atoms with Gasteiger partial charge in [-0.2, -0.15) is 5.06 Å². The molecule has 2 aromatic rings. The number of benzene rings is 1. The van der Waals surface area contributed by atoms with Crippen molar-refractivity contribution < 1.29 is 29.4 Å². The molecular formula is C35H49N5O6S. The molecule has 0 radical (unpaired) electrons. The van der Waals surface area contributed by atoms with E-state index in [1.54, 1.807) is 17.2 Å². The summed E-state index contributed by atoms with van der Waals surface area (Å²) in [6.45, 7) is 12.3. The zero-order chi connectivity index (χ0) is 33.9. The fourth-order valence-electron chi connectivity index (χ4n) is 6.47. The van der Waals surface area contributed by atoms with Gasteiger partial charge in [-0.25, -0.2) is 4.98 Å². The summed E-state index contributed by atoms with van der Waals surface area (Å²) in [5.74, 6) is -0.650. The summed E-state index contributed by atoms with van der Waals surface area (Å²) in [5, 5.41) is 20.8. The number of rotatable bonds is 11. The number of carbonyl (C=O) groups is 3. The lowest BCUT2D eigenvalue weighted by Gasteiger charge is -2.50. The number of hydroxylamine groups is 2. The fraction of sp³-hybridized carbons (Fsp3) is 0.600. The highest BCUT2D eigenvalue weighted by molar-refractivity contribution is 7.19. The van der Waals surface area contributed by atoms with Crippen LogP contribution in [0, 0.1) is 17.3 Å². The maximum Gasteiger partial charge on any atom is 0.276 e. The normalized spacial score (nSPS) is 21.9. The summed E-state index contributed by atoms with van der Waals surface area (Å²) in [4.78, 5) is 58.7. The highest BCUT2D eigenvalue weighted by Gasteiger charge is 2.51. The van der Waals surface area contributed by atoms with E-state index in [0.717, 1.165) is 42.7 Å². The number of para-hydroxylation sites is 1. The smallest absolute Gasteiger partial charge is 0.276 e. The molecule has 4 heterocycles. The Morgan fingerprint density at radius 2 is 1.81 bits per heavy atom. The fourth-order valence-corrected chi connectivity index (χ4v) is 7.34. The zero-order valence-electron chi connectivity index (χ0n) is 28.2. The van der Waals surface area contributed by atoms with Gasteiger partial charge in [0.1, 0.15) is 11.0 Å². The van der Waals surface area contributed by atoms with Gasteiger partial charge >= 0.3 is 0 Å². The Bertz CT molecular complexity index is 1450. The number of nitrogens with zero attached hydrogens (tertiary/aromatic N) is 5. The van der Waals surface area contributed by atoms with Crippen molar-refractivity contribution in [3.8, 4) is 0 Å². The summed E-state index contributed by atoms with van der Waals surface area (Å²) in [6.07, 6.45) is 6.79. The summed E-state index contributed by atoms with van der Waals surface area (Å²) in [6, 6.07) is 6.90. The number of aromatic nitrogens is 1. The standard InChI is InChI=1S/C35H49N5O6S/c1-23(2)18-28-34(45)39-27(19-35(3,4)5)33(44)38(25-13-16-37(17-14-25)15-12-24(21-41)22-42)20-31(39)40(46-28)32(43)11-10-30-36-26-8-6-7-9-29(26)47-30/h6-11,20,23-25,27-28,41-42H,12-19,21-22H2,1-5H3/b11-10+/t27-,28+/m0/s1. The molecule has 0 saturated carbocycles. The Hall–Kier alpha value is -3.16. The molecule has 0 aliphatic carbocycles. The first kappa shape index (κ1) is 35.2. The monoisotopic (exact) mass is 667 g/mol. The molecule has 0 spiro atoms. The Morgan fingerprint density at radius 3 is 2.45 bits per heavy atom. The average Bonchev–Trinajstić information content (AvgIpc) is 3.45. The Balaban J connectivity index is 1.45. The molecule has 2 saturated heterocycles. The van der Waals surface area contributed by atoms with Crippen molar-refractivity contribution >= 4 is 45.4 Å². The number of amides is 3. The van der Waals surface area contributed by atoms with Crippen LogP contribution in [0.2, 0.25) is 0 Å². The molecule has 3 amide bonds. The molecule has 1 aromatic carbocycles. The molecule has 2 N–H and O–H groups in total. The van der Waals surface area contributed by atoms with Crippen LogP contribution < -0.4 is 0 Å². The van der Waals surface area contributed by atoms with E-state index in [1.807, 2.05) is 58.9 Å². The number of aliphatic hydroxyl groups excluding tert-OH is 2. The first-order chi connectivity index (χ1) is 22.4. The predicted molar refractivity (Wildman–Crippen MR) is 181 cm³/mol. The second-order valence-corrected chi connectivity index (χ2v) is 15.6. The van der Waals surface area contributed by atoms with Gasteiger partial charge in [0.2, 0.25) is 5.91 Å². The van der Waals surface area contributed by atoms with Gasteiger partial charge in [0, 0.05) is 44.3 Å². The number of thiazole rings is 1. The van der Waals surface area contributed by atoms with Gasteiger partial charge in [-0.3, -0.25) is 24.1 Å². The van der Waals surface area contributed by atoms with Gasteiger partial charge in [-0.05, 0) is 68.2 Å². The van der Waals surface area contributed by atoms with Crippen LogP contribution in [0.4, 0.5) is 0 Å². The number of aliphatic hydroxyl groups is 2. The maximum absolute atomic E-state index is 14.3. The topological polar surface area (TPSA) is 127 Å². The molecule has 5 rings (SSSR count). The second kappa shape index (κ2) is 14.9. The van der Waals surface area contributed by atoms with Gasteiger partial charge in [0.15, 0.2) is 11.9 Å². The Kier molecular flexibility index (Phi) is 11.2. The van der Waals surface area contributed by atoms with Crippen LogP contribution >= 0.6 is 11.3 Å². The molecule has 0 unspecified atom stereocenters. The van der Waals surface area contributed by atoms with E-state index < -0.39 is 18.1 Å². The summed E-state index contributed by atoms with van der Waals surface area (Å²) < 4.78 is 1.02. The van der Waals surface area contributed by atoms with E-state index in [-0.39, 0.29) is 54.1 Å². The van der Waals surface area contributed by atoms with Gasteiger partial charge in [-0.1, -0.05) is 46.8 Å². The lowest BCUT2D eigenvalue weighted by atomic mass is 9.85. The number of hydrogen-bond acceptors (Lipinski definition) is 9. The van der Waals surface area contributed by atoms with Gasteiger partial charge in [-0.15, -0.1) is 11.3 Å². The number of hydrogen-bond donors (Lipinski definition) is 2. The van der Waals surface area contributed by atoms with Crippen LogP contribution in [0.3, 0.4) is 0 Å². The van der Waals surface area contributed by atoms with E-state index in [1.165, 1.54) is 27.4 Å². The van der Waals surface area contributed by atoms with Crippen LogP contribution in [-0.2, 0) is 19.2 Å². The number of fused-ring (bicyclic) bond motifs is 2. The van der Waals surface area contributed by atoms with Crippen molar-refractivity contribution in [2.24, 2.45) is 17.3 Å². The third kappa shape index (κ3) is 8.29. The molecule has 2 atom stereocenters. The molecule has 11 nitrogen and oxygen atoms in total. The van der Waals surface area contributed by atoms with E-state index in [9.17, 15) is 24.6 Å². The highest BCUT2D eigenvalue weighted by atomic mass is 32.1. The molecule has 3 aliphatic rings. The third-order valence-corrected chi connectivity index (χ3v) is 10.00. The number of carbonyl (C=O) groups excluding carboxylic acids is 3. The second-order valence-electron chi connectivity index (χ2n) is 14.5. The minimum Gasteiger partial charge on any atom is -0.396 e. The summed E-state index contributed by atoms with van der Waals surface area (Å²) in [5.41, 5.74) is 0.580. The van der Waals surface area contributed by atoms with E-state index >= 15 is 0 Å². The molecule has 3 aliphatic heterocycles. The van der Waals surface area contributed by atoms with Crippen molar-refractivity contribution in [2.75, 3.05) is 32.8 Å². The van der Waals surface area contributed by atoms with E-state index in [0.29, 0.717) is 24.3 Å². The minimum atomic E-state index is -0.904. The van der Waals surface area contributed by atoms with Crippen LogP contribution in [-0.4, -0.2) is 104 Å². The SMILES string of the molecule is CC(C)C[C@H]1ON(C(=O)/C=C/c2nc3ccccc3s2)C2=CN(C3CCN(CCC(CO)CO)CC3)C(=O)[C@H](CC(C)(C)C)N2C1=O. The van der Waals surface area contributed by atoms with Crippen molar-refractivity contribution in [1.82, 2.24) is 24.7 Å². The zero-order valence-corrected chi connectivity index (χ0v) is 29.0. The van der Waals surface area contributed by atoms with Crippen molar-refractivity contribution in [3.05, 3.63) is 47.4 Å². The van der Waals surface area contributed by atoms with Gasteiger partial charge < -0.3 is 20.0 Å². The van der Waals surface area contributed by atoms with Crippen LogP contribution in [0.15, 0.2) is 42.4 Å². The van der Waals surface area contributed by atoms with Crippen molar-refractivity contribution in [2.45, 2.75) is 84.9 Å². The molecular weight excluding hydrogens is 618 g/mol. The quantitative estimate of drug-likeness (QED) is 0.341. The average molecular weight is 668 g/mol. The highest BCUT2D eigenvalue weighted by Crippen LogP contribution is 2.38. The molecule has 0 bridgehead atoms. The Morgan fingerprint density at radius 1 is 1.11 bits per heavy atom. The van der Waals surface area contributed by atoms with Crippen LogP contribution in [0.5, 0.6) is 0 Å². The van der Waals surface area contributed by atoms with Crippen LogP contribution in [0.25, 0.3) is 16.3 Å². The van der Waals surface area contributed by atoms with Crippen molar-refractivity contribution in [3.63, 3.8) is 0 Å². The largest absolute Gasteiger partial charge is 0.396 e. The third-order valence-electron chi connectivity index (χ3n) is 9.00. The van der Waals surface area contributed by atoms with E-state index in [2.05, 4.69) is 9.88 Å². The predicted octanol–water partition coefficient (Wildman–Crippen LogP) is 4.23. The van der Waals surface area contributed by atoms with Gasteiger partial charge in [0.25, 0.3) is 11.8 Å². The number of piperidine rings is 1. The van der Waals surface area contributed by atoms with Crippen LogP contribution in [0.1, 0.15) is 71.7 Å². The first-order valence-corrected chi connectivity index (χ1v) is 17.6. The Labute approximate surface area is 281 Å². The summed E-state index contributed by atoms with van der Waals surface area (Å²) in [7, 11) is 0. The first-order valence-electron chi connectivity index (χ1n) is 16.7. The molecule has 12 heteroatoms. The maximum atomic E-state index is 14.3. The van der Waals surface area contributed by atoms with Gasteiger partial charge in [0.05, 0.1) is 16.4 Å². The minimum absolute atomic E-state index is 0.0433.